The summed E-state index contributed by atoms with van der Waals surface area (Å²) in [5.41, 5.74) is 3.25. The topological polar surface area (TPSA) is 98.5 Å². The van der Waals surface area contributed by atoms with E-state index in [9.17, 15) is 19.7 Å². The number of non-ortho nitro benzene ring substituents is 1. The van der Waals surface area contributed by atoms with Crippen LogP contribution in [0.3, 0.4) is 0 Å². The number of carbonyl (C=O) groups is 2. The Labute approximate surface area is 181 Å². The summed E-state index contributed by atoms with van der Waals surface area (Å²) >= 11 is 0. The molecule has 0 radical (unpaired) electrons. The molecule has 1 unspecified atom stereocenters. The number of Topliss-reactive ketones (excluding diaryl/α,β-unsaturated/α-hetero) is 1. The lowest BCUT2D eigenvalue weighted by Gasteiger charge is -2.34. The molecule has 0 saturated heterocycles. The van der Waals surface area contributed by atoms with Crippen molar-refractivity contribution in [2.45, 2.75) is 76.7 Å². The van der Waals surface area contributed by atoms with Crippen LogP contribution >= 0.6 is 0 Å². The molecule has 1 aromatic carbocycles. The molecule has 1 N–H and O–H groups in total. The molecule has 7 heteroatoms. The number of esters is 1. The first kappa shape index (κ1) is 21.3. The number of ketones is 1. The Bertz CT molecular complexity index is 953. The zero-order chi connectivity index (χ0) is 22.0. The normalized spacial score (nSPS) is 22.5. The number of rotatable bonds is 4. The van der Waals surface area contributed by atoms with E-state index in [1.54, 1.807) is 12.1 Å². The first-order valence-corrected chi connectivity index (χ1v) is 11.1. The molecule has 31 heavy (non-hydrogen) atoms. The molecular weight excluding hydrogens is 396 g/mol. The second-order valence-electron chi connectivity index (χ2n) is 8.63. The third kappa shape index (κ3) is 4.40. The lowest BCUT2D eigenvalue weighted by atomic mass is 9.75. The molecule has 164 valence electrons. The zero-order valence-electron chi connectivity index (χ0n) is 17.8. The van der Waals surface area contributed by atoms with Gasteiger partial charge in [0.1, 0.15) is 6.10 Å². The minimum absolute atomic E-state index is 0.0179. The highest BCUT2D eigenvalue weighted by molar-refractivity contribution is 6.03. The number of nitro groups is 1. The van der Waals surface area contributed by atoms with Crippen LogP contribution in [0, 0.1) is 10.1 Å². The number of ether oxygens (including phenoxy) is 1. The van der Waals surface area contributed by atoms with Gasteiger partial charge in [-0.1, -0.05) is 25.0 Å². The van der Waals surface area contributed by atoms with Gasteiger partial charge in [-0.05, 0) is 51.0 Å². The highest BCUT2D eigenvalue weighted by Crippen LogP contribution is 2.43. The second-order valence-corrected chi connectivity index (χ2v) is 8.63. The van der Waals surface area contributed by atoms with Crippen LogP contribution in [0.5, 0.6) is 0 Å². The monoisotopic (exact) mass is 424 g/mol. The molecule has 4 rings (SSSR count). The number of nitro benzene ring substituents is 1. The maximum atomic E-state index is 13.4. The molecule has 1 aromatic rings. The third-order valence-corrected chi connectivity index (χ3v) is 6.51. The van der Waals surface area contributed by atoms with Crippen molar-refractivity contribution >= 4 is 17.4 Å². The second kappa shape index (κ2) is 9.04. The van der Waals surface area contributed by atoms with Crippen LogP contribution in [0.25, 0.3) is 0 Å². The number of nitrogens with one attached hydrogen (secondary N) is 1. The smallest absolute Gasteiger partial charge is 0.337 e. The number of nitrogens with zero attached hydrogens (tertiary/aromatic N) is 1. The van der Waals surface area contributed by atoms with Crippen LogP contribution in [-0.4, -0.2) is 22.8 Å². The Hall–Kier alpha value is -2.96. The van der Waals surface area contributed by atoms with Crippen molar-refractivity contribution in [1.29, 1.82) is 0 Å². The summed E-state index contributed by atoms with van der Waals surface area (Å²) in [7, 11) is 0. The molecule has 0 amide bonds. The molecule has 1 aliphatic heterocycles. The molecule has 2 aliphatic carbocycles. The van der Waals surface area contributed by atoms with Crippen LogP contribution in [0.4, 0.5) is 5.69 Å². The molecule has 0 spiro atoms. The van der Waals surface area contributed by atoms with E-state index >= 15 is 0 Å². The SMILES string of the molecule is CC1=C(C(=O)OC2CCCCCC2)C(c2ccc([N+](=O)[O-])cc2)C2=C(CCCC2=O)N1. The van der Waals surface area contributed by atoms with Gasteiger partial charge in [-0.25, -0.2) is 4.79 Å². The van der Waals surface area contributed by atoms with Crippen LogP contribution in [-0.2, 0) is 14.3 Å². The predicted octanol–water partition coefficient (Wildman–Crippen LogP) is 4.83. The lowest BCUT2D eigenvalue weighted by molar-refractivity contribution is -0.384. The van der Waals surface area contributed by atoms with Gasteiger partial charge in [0.2, 0.25) is 0 Å². The lowest BCUT2D eigenvalue weighted by Crippen LogP contribution is -2.35. The molecular formula is C24H28N2O5. The van der Waals surface area contributed by atoms with Gasteiger partial charge in [0.25, 0.3) is 5.69 Å². The first-order valence-electron chi connectivity index (χ1n) is 11.1. The Morgan fingerprint density at radius 1 is 1.06 bits per heavy atom. The molecule has 1 saturated carbocycles. The average molecular weight is 424 g/mol. The summed E-state index contributed by atoms with van der Waals surface area (Å²) in [6.07, 6.45) is 7.99. The largest absolute Gasteiger partial charge is 0.459 e. The van der Waals surface area contributed by atoms with Crippen LogP contribution < -0.4 is 5.32 Å². The zero-order valence-corrected chi connectivity index (χ0v) is 17.8. The van der Waals surface area contributed by atoms with Crippen molar-refractivity contribution in [3.05, 3.63) is 62.5 Å². The fourth-order valence-corrected chi connectivity index (χ4v) is 4.95. The fraction of sp³-hybridized carbons (Fsp3) is 0.500. The van der Waals surface area contributed by atoms with Gasteiger partial charge in [-0.3, -0.25) is 14.9 Å². The third-order valence-electron chi connectivity index (χ3n) is 6.51. The van der Waals surface area contributed by atoms with E-state index < -0.39 is 16.8 Å². The van der Waals surface area contributed by atoms with Gasteiger partial charge in [-0.15, -0.1) is 0 Å². The van der Waals surface area contributed by atoms with E-state index in [1.807, 2.05) is 6.92 Å². The highest BCUT2D eigenvalue weighted by atomic mass is 16.6. The number of hydrogen-bond acceptors (Lipinski definition) is 6. The highest BCUT2D eigenvalue weighted by Gasteiger charge is 2.39. The summed E-state index contributed by atoms with van der Waals surface area (Å²) in [6.45, 7) is 1.84. The minimum Gasteiger partial charge on any atom is -0.459 e. The summed E-state index contributed by atoms with van der Waals surface area (Å²) in [6, 6.07) is 6.14. The van der Waals surface area contributed by atoms with E-state index in [0.717, 1.165) is 57.1 Å². The Kier molecular flexibility index (Phi) is 6.20. The molecule has 1 heterocycles. The summed E-state index contributed by atoms with van der Waals surface area (Å²) in [4.78, 5) is 36.9. The quantitative estimate of drug-likeness (QED) is 0.322. The Morgan fingerprint density at radius 3 is 2.39 bits per heavy atom. The van der Waals surface area contributed by atoms with Crippen LogP contribution in [0.1, 0.15) is 76.2 Å². The standard InChI is InChI=1S/C24H28N2O5/c1-15-21(24(28)31-18-7-4-2-3-5-8-18)22(16-11-13-17(14-12-16)26(29)30)23-19(25-15)9-6-10-20(23)27/h11-14,18,22,25H,2-10H2,1H3. The van der Waals surface area contributed by atoms with Crippen molar-refractivity contribution < 1.29 is 19.2 Å². The first-order chi connectivity index (χ1) is 15.0. The van der Waals surface area contributed by atoms with Gasteiger partial charge in [0.15, 0.2) is 5.78 Å². The molecule has 1 fully saturated rings. The summed E-state index contributed by atoms with van der Waals surface area (Å²) in [5.74, 6) is -0.947. The molecule has 0 aromatic heterocycles. The van der Waals surface area contributed by atoms with Gasteiger partial charge in [-0.2, -0.15) is 0 Å². The number of allylic oxidation sites excluding steroid dienone is 3. The average Bonchev–Trinajstić information content (AvgIpc) is 3.01. The molecule has 3 aliphatic rings. The Balaban J connectivity index is 1.71. The predicted molar refractivity (Wildman–Crippen MR) is 115 cm³/mol. The molecule has 1 atom stereocenters. The van der Waals surface area contributed by atoms with Gasteiger partial charge >= 0.3 is 5.97 Å². The van der Waals surface area contributed by atoms with Crippen molar-refractivity contribution in [3.63, 3.8) is 0 Å². The van der Waals surface area contributed by atoms with Gasteiger partial charge < -0.3 is 10.1 Å². The van der Waals surface area contributed by atoms with E-state index in [-0.39, 0.29) is 17.6 Å². The number of hydrogen-bond donors (Lipinski definition) is 1. The van der Waals surface area contributed by atoms with Gasteiger partial charge in [0.05, 0.1) is 10.5 Å². The summed E-state index contributed by atoms with van der Waals surface area (Å²) in [5, 5.41) is 14.4. The van der Waals surface area contributed by atoms with E-state index in [2.05, 4.69) is 5.32 Å². The fourth-order valence-electron chi connectivity index (χ4n) is 4.95. The van der Waals surface area contributed by atoms with Crippen molar-refractivity contribution in [3.8, 4) is 0 Å². The Morgan fingerprint density at radius 2 is 1.74 bits per heavy atom. The molecule has 0 bridgehead atoms. The van der Waals surface area contributed by atoms with E-state index in [4.69, 9.17) is 4.74 Å². The van der Waals surface area contributed by atoms with Crippen LogP contribution in [0.2, 0.25) is 0 Å². The van der Waals surface area contributed by atoms with E-state index in [0.29, 0.717) is 28.8 Å². The number of benzene rings is 1. The number of dihydropyridines is 1. The van der Waals surface area contributed by atoms with E-state index in [1.165, 1.54) is 12.1 Å². The molecule has 7 nitrogen and oxygen atoms in total. The van der Waals surface area contributed by atoms with Crippen LogP contribution in [0.15, 0.2) is 46.8 Å². The maximum absolute atomic E-state index is 13.4. The van der Waals surface area contributed by atoms with Gasteiger partial charge in [0, 0.05) is 41.4 Å². The van der Waals surface area contributed by atoms with Crippen molar-refractivity contribution in [2.75, 3.05) is 0 Å². The minimum atomic E-state index is -0.567. The number of carbonyl (C=O) groups excluding carboxylic acids is 2. The van der Waals surface area contributed by atoms with Crippen molar-refractivity contribution in [2.24, 2.45) is 0 Å². The summed E-state index contributed by atoms with van der Waals surface area (Å²) < 4.78 is 5.93. The maximum Gasteiger partial charge on any atom is 0.337 e. The van der Waals surface area contributed by atoms with Crippen molar-refractivity contribution in [1.82, 2.24) is 5.32 Å².